The molecular formula is C25H20ClNO4. The molecule has 0 spiro atoms. The van der Waals surface area contributed by atoms with E-state index in [1.54, 1.807) is 48.7 Å². The fraction of sp³-hybridized carbons (Fsp3) is 0.120. The number of aryl methyl sites for hydroxylation is 1. The van der Waals surface area contributed by atoms with Gasteiger partial charge in [0.05, 0.1) is 0 Å². The average molecular weight is 434 g/mol. The van der Waals surface area contributed by atoms with Gasteiger partial charge in [-0.3, -0.25) is 4.79 Å². The number of halogens is 1. The van der Waals surface area contributed by atoms with Crippen molar-refractivity contribution >= 4 is 34.3 Å². The molecule has 3 aromatic carbocycles. The number of fused-ring (bicyclic) bond motifs is 1. The van der Waals surface area contributed by atoms with Gasteiger partial charge in [-0.1, -0.05) is 60.1 Å². The smallest absolute Gasteiger partial charge is 0.345 e. The van der Waals surface area contributed by atoms with Crippen LogP contribution in [-0.2, 0) is 9.53 Å². The van der Waals surface area contributed by atoms with Crippen LogP contribution in [-0.4, -0.2) is 23.3 Å². The molecule has 0 aliphatic rings. The summed E-state index contributed by atoms with van der Waals surface area (Å²) in [5.41, 5.74) is 2.70. The highest BCUT2D eigenvalue weighted by Crippen LogP contribution is 2.28. The number of benzene rings is 3. The molecule has 156 valence electrons. The van der Waals surface area contributed by atoms with Crippen molar-refractivity contribution in [1.82, 2.24) is 4.98 Å². The highest BCUT2D eigenvalue weighted by molar-refractivity contribution is 6.30. The topological polar surface area (TPSA) is 68.4 Å². The molecule has 0 saturated heterocycles. The van der Waals surface area contributed by atoms with Gasteiger partial charge in [0.1, 0.15) is 5.75 Å². The number of ketones is 1. The fourth-order valence-electron chi connectivity index (χ4n) is 3.39. The number of aromatic amines is 1. The maximum Gasteiger partial charge on any atom is 0.345 e. The van der Waals surface area contributed by atoms with Crippen molar-refractivity contribution in [3.63, 3.8) is 0 Å². The summed E-state index contributed by atoms with van der Waals surface area (Å²) in [6, 6.07) is 21.6. The Kier molecular flexibility index (Phi) is 6.05. The van der Waals surface area contributed by atoms with Crippen LogP contribution in [0.15, 0.2) is 79.0 Å². The minimum Gasteiger partial charge on any atom is -0.482 e. The predicted molar refractivity (Wildman–Crippen MR) is 120 cm³/mol. The predicted octanol–water partition coefficient (Wildman–Crippen LogP) is 5.68. The zero-order valence-corrected chi connectivity index (χ0v) is 17.6. The number of ether oxygens (including phenoxy) is 2. The maximum absolute atomic E-state index is 13.4. The van der Waals surface area contributed by atoms with E-state index in [4.69, 9.17) is 21.1 Å². The highest BCUT2D eigenvalue weighted by atomic mass is 35.5. The minimum absolute atomic E-state index is 0.306. The summed E-state index contributed by atoms with van der Waals surface area (Å²) in [7, 11) is 0. The third-order valence-corrected chi connectivity index (χ3v) is 5.16. The number of Topliss-reactive ketones (excluding diaryl/α,β-unsaturated/α-hetero) is 1. The van der Waals surface area contributed by atoms with Gasteiger partial charge in [0.25, 0.3) is 0 Å². The Morgan fingerprint density at radius 1 is 1.00 bits per heavy atom. The van der Waals surface area contributed by atoms with Crippen LogP contribution in [0.5, 0.6) is 5.75 Å². The lowest BCUT2D eigenvalue weighted by Crippen LogP contribution is -2.23. The van der Waals surface area contributed by atoms with Crippen molar-refractivity contribution < 1.29 is 19.1 Å². The Morgan fingerprint density at radius 2 is 1.74 bits per heavy atom. The molecule has 0 aliphatic heterocycles. The van der Waals surface area contributed by atoms with Crippen LogP contribution >= 0.6 is 11.6 Å². The van der Waals surface area contributed by atoms with Gasteiger partial charge >= 0.3 is 5.97 Å². The first-order valence-electron chi connectivity index (χ1n) is 9.76. The standard InChI is InChI=1S/C25H20ClNO4/c1-16-13-18(26)11-12-22(16)30-15-23(28)31-25(17-7-3-2-4-8-17)24(29)20-14-27-21-10-6-5-9-19(20)21/h2-14,25,27H,15H2,1H3. The van der Waals surface area contributed by atoms with Crippen LogP contribution in [0.4, 0.5) is 0 Å². The van der Waals surface area contributed by atoms with Gasteiger partial charge in [0, 0.05) is 33.2 Å². The van der Waals surface area contributed by atoms with Crippen molar-refractivity contribution in [3.05, 3.63) is 101 Å². The number of H-pyrrole nitrogens is 1. The Balaban J connectivity index is 1.55. The van der Waals surface area contributed by atoms with Gasteiger partial charge in [-0.25, -0.2) is 4.79 Å². The van der Waals surface area contributed by atoms with Gasteiger partial charge < -0.3 is 14.5 Å². The van der Waals surface area contributed by atoms with Crippen LogP contribution < -0.4 is 4.74 Å². The molecule has 0 aliphatic carbocycles. The second-order valence-electron chi connectivity index (χ2n) is 7.09. The number of hydrogen-bond acceptors (Lipinski definition) is 4. The molecule has 0 radical (unpaired) electrons. The van der Waals surface area contributed by atoms with E-state index in [0.29, 0.717) is 21.9 Å². The van der Waals surface area contributed by atoms with Crippen molar-refractivity contribution in [2.45, 2.75) is 13.0 Å². The first kappa shape index (κ1) is 20.7. The molecule has 1 aromatic heterocycles. The third kappa shape index (κ3) is 4.62. The van der Waals surface area contributed by atoms with E-state index in [0.717, 1.165) is 16.5 Å². The van der Waals surface area contributed by atoms with Crippen LogP contribution in [0.1, 0.15) is 27.6 Å². The first-order chi connectivity index (χ1) is 15.0. The summed E-state index contributed by atoms with van der Waals surface area (Å²) in [5.74, 6) is -0.420. The molecule has 0 bridgehead atoms. The summed E-state index contributed by atoms with van der Waals surface area (Å²) in [6.07, 6.45) is 0.562. The van der Waals surface area contributed by atoms with Crippen molar-refractivity contribution in [2.24, 2.45) is 0 Å². The van der Waals surface area contributed by atoms with E-state index >= 15 is 0 Å². The van der Waals surface area contributed by atoms with E-state index in [2.05, 4.69) is 4.98 Å². The Labute approximate surface area is 184 Å². The van der Waals surface area contributed by atoms with Gasteiger partial charge in [0.15, 0.2) is 12.7 Å². The molecule has 0 fully saturated rings. The summed E-state index contributed by atoms with van der Waals surface area (Å²) < 4.78 is 11.2. The number of aromatic nitrogens is 1. The fourth-order valence-corrected chi connectivity index (χ4v) is 3.62. The van der Waals surface area contributed by atoms with Crippen LogP contribution in [0, 0.1) is 6.92 Å². The SMILES string of the molecule is Cc1cc(Cl)ccc1OCC(=O)OC(C(=O)c1c[nH]c2ccccc12)c1ccccc1. The number of carbonyl (C=O) groups is 2. The van der Waals surface area contributed by atoms with Gasteiger partial charge in [-0.15, -0.1) is 0 Å². The normalized spacial score (nSPS) is 11.8. The molecule has 1 N–H and O–H groups in total. The molecular weight excluding hydrogens is 414 g/mol. The van der Waals surface area contributed by atoms with E-state index in [9.17, 15) is 9.59 Å². The number of carbonyl (C=O) groups excluding carboxylic acids is 2. The molecule has 4 aromatic rings. The quantitative estimate of drug-likeness (QED) is 0.301. The monoisotopic (exact) mass is 433 g/mol. The van der Waals surface area contributed by atoms with E-state index in [1.807, 2.05) is 37.3 Å². The number of para-hydroxylation sites is 1. The van der Waals surface area contributed by atoms with Gasteiger partial charge in [-0.2, -0.15) is 0 Å². The van der Waals surface area contributed by atoms with E-state index < -0.39 is 12.1 Å². The third-order valence-electron chi connectivity index (χ3n) is 4.93. The van der Waals surface area contributed by atoms with E-state index in [1.165, 1.54) is 0 Å². The second-order valence-corrected chi connectivity index (χ2v) is 7.53. The number of hydrogen-bond donors (Lipinski definition) is 1. The Bertz CT molecular complexity index is 1230. The molecule has 1 atom stereocenters. The van der Waals surface area contributed by atoms with Crippen LogP contribution in [0.25, 0.3) is 10.9 Å². The summed E-state index contributed by atoms with van der Waals surface area (Å²) in [5, 5.41) is 1.36. The zero-order valence-electron chi connectivity index (χ0n) is 16.8. The van der Waals surface area contributed by atoms with Gasteiger partial charge in [-0.05, 0) is 36.8 Å². The van der Waals surface area contributed by atoms with Crippen molar-refractivity contribution in [3.8, 4) is 5.75 Å². The van der Waals surface area contributed by atoms with Gasteiger partial charge in [0.2, 0.25) is 5.78 Å². The molecule has 6 heteroatoms. The average Bonchev–Trinajstić information content (AvgIpc) is 3.21. The Morgan fingerprint density at radius 3 is 2.52 bits per heavy atom. The first-order valence-corrected chi connectivity index (χ1v) is 10.1. The molecule has 4 rings (SSSR count). The zero-order chi connectivity index (χ0) is 21.8. The molecule has 5 nitrogen and oxygen atoms in total. The highest BCUT2D eigenvalue weighted by Gasteiger charge is 2.28. The maximum atomic E-state index is 13.4. The number of esters is 1. The second kappa shape index (κ2) is 9.06. The van der Waals surface area contributed by atoms with Crippen LogP contribution in [0.3, 0.4) is 0 Å². The molecule has 0 saturated carbocycles. The molecule has 0 amide bonds. The summed E-state index contributed by atoms with van der Waals surface area (Å²) in [4.78, 5) is 29.0. The van der Waals surface area contributed by atoms with Crippen molar-refractivity contribution in [2.75, 3.05) is 6.61 Å². The largest absolute Gasteiger partial charge is 0.482 e. The lowest BCUT2D eigenvalue weighted by molar-refractivity contribution is -0.149. The lowest BCUT2D eigenvalue weighted by Gasteiger charge is -2.17. The molecule has 31 heavy (non-hydrogen) atoms. The van der Waals surface area contributed by atoms with Crippen molar-refractivity contribution in [1.29, 1.82) is 0 Å². The summed E-state index contributed by atoms with van der Waals surface area (Å²) in [6.45, 7) is 1.51. The molecule has 1 unspecified atom stereocenters. The summed E-state index contributed by atoms with van der Waals surface area (Å²) >= 11 is 5.95. The minimum atomic E-state index is -1.08. The number of rotatable bonds is 7. The lowest BCUT2D eigenvalue weighted by atomic mass is 9.99. The van der Waals surface area contributed by atoms with Crippen LogP contribution in [0.2, 0.25) is 5.02 Å². The number of nitrogens with one attached hydrogen (secondary N) is 1. The van der Waals surface area contributed by atoms with E-state index in [-0.39, 0.29) is 12.4 Å². The Hall–Kier alpha value is -3.57. The molecule has 1 heterocycles.